The van der Waals surface area contributed by atoms with Crippen molar-refractivity contribution in [3.63, 3.8) is 0 Å². The lowest BCUT2D eigenvalue weighted by molar-refractivity contribution is 0.0696. The third-order valence-electron chi connectivity index (χ3n) is 5.72. The maximum Gasteiger partial charge on any atom is 0.335 e. The third kappa shape index (κ3) is 5.50. The first-order chi connectivity index (χ1) is 17.9. The van der Waals surface area contributed by atoms with Gasteiger partial charge in [-0.15, -0.1) is 0 Å². The number of nitrogens with zero attached hydrogens (tertiary/aromatic N) is 1. The Kier molecular flexibility index (Phi) is 6.94. The molecule has 5 rings (SSSR count). The number of carboxylic acids is 1. The molecule has 6 nitrogen and oxygen atoms in total. The molecule has 184 valence electrons. The molecule has 0 aliphatic heterocycles. The molecule has 0 saturated carbocycles. The van der Waals surface area contributed by atoms with Crippen LogP contribution < -0.4 is 5.32 Å². The van der Waals surface area contributed by atoms with Gasteiger partial charge in [0.15, 0.2) is 0 Å². The van der Waals surface area contributed by atoms with E-state index < -0.39 is 5.97 Å². The van der Waals surface area contributed by atoms with Crippen molar-refractivity contribution in [1.29, 1.82) is 0 Å². The first kappa shape index (κ1) is 24.5. The van der Waals surface area contributed by atoms with E-state index in [-0.39, 0.29) is 23.8 Å². The number of hydrogen-bond acceptors (Lipinski definition) is 4. The summed E-state index contributed by atoms with van der Waals surface area (Å²) in [6.45, 7) is 0.204. The van der Waals surface area contributed by atoms with Crippen LogP contribution in [0.15, 0.2) is 94.9 Å². The molecule has 1 amide bonds. The van der Waals surface area contributed by atoms with Gasteiger partial charge in [0.25, 0.3) is 5.91 Å². The van der Waals surface area contributed by atoms with Crippen molar-refractivity contribution in [1.82, 2.24) is 15.5 Å². The minimum atomic E-state index is -1.01. The zero-order valence-corrected chi connectivity index (χ0v) is 20.7. The molecule has 9 heteroatoms. The molecule has 0 aliphatic carbocycles. The highest BCUT2D eigenvalue weighted by Crippen LogP contribution is 2.37. The molecule has 1 aromatic heterocycles. The third-order valence-corrected chi connectivity index (χ3v) is 6.93. The first-order valence-corrected chi connectivity index (χ1v) is 12.4. The summed E-state index contributed by atoms with van der Waals surface area (Å²) in [5.41, 5.74) is 3.46. The van der Waals surface area contributed by atoms with Crippen LogP contribution in [0.25, 0.3) is 22.0 Å². The predicted octanol–water partition coefficient (Wildman–Crippen LogP) is 6.80. The molecule has 0 radical (unpaired) electrons. The van der Waals surface area contributed by atoms with Crippen LogP contribution >= 0.6 is 23.4 Å². The summed E-state index contributed by atoms with van der Waals surface area (Å²) in [5.74, 6) is -1.69. The van der Waals surface area contributed by atoms with Crippen LogP contribution in [0, 0.1) is 5.82 Å². The van der Waals surface area contributed by atoms with Gasteiger partial charge in [-0.05, 0) is 71.3 Å². The van der Waals surface area contributed by atoms with Crippen molar-refractivity contribution in [3.8, 4) is 11.1 Å². The zero-order valence-electron chi connectivity index (χ0n) is 19.2. The molecule has 3 N–H and O–H groups in total. The van der Waals surface area contributed by atoms with Crippen molar-refractivity contribution in [3.05, 3.63) is 112 Å². The van der Waals surface area contributed by atoms with E-state index in [0.717, 1.165) is 21.6 Å². The fraction of sp³-hybridized carbons (Fsp3) is 0.0357. The van der Waals surface area contributed by atoms with Gasteiger partial charge in [0.1, 0.15) is 10.8 Å². The highest BCUT2D eigenvalue weighted by Gasteiger charge is 2.19. The number of rotatable bonds is 7. The van der Waals surface area contributed by atoms with E-state index in [1.54, 1.807) is 36.4 Å². The van der Waals surface area contributed by atoms with Gasteiger partial charge < -0.3 is 10.4 Å². The monoisotopic (exact) mass is 531 g/mol. The lowest BCUT2D eigenvalue weighted by Crippen LogP contribution is -2.23. The number of carboxylic acid groups (broad SMARTS) is 1. The highest BCUT2D eigenvalue weighted by molar-refractivity contribution is 7.99. The molecule has 0 aliphatic rings. The molecular weight excluding hydrogens is 513 g/mol. The van der Waals surface area contributed by atoms with Gasteiger partial charge in [0, 0.05) is 21.8 Å². The Balaban J connectivity index is 1.52. The molecule has 1 heterocycles. The molecule has 0 unspecified atom stereocenters. The summed E-state index contributed by atoms with van der Waals surface area (Å²) in [6, 6.07) is 23.3. The molecule has 0 atom stereocenters. The minimum absolute atomic E-state index is 0.171. The molecule has 4 aromatic carbocycles. The SMILES string of the molecule is O=C(O)c1ccc(CNC(=O)c2cc(-c3ccc(F)cc3)cc3[nH]nc(Sc4cccc(Cl)c4)c23)cc1. The van der Waals surface area contributed by atoms with Gasteiger partial charge in [-0.3, -0.25) is 9.89 Å². The van der Waals surface area contributed by atoms with Gasteiger partial charge in [-0.2, -0.15) is 5.10 Å². The number of aromatic nitrogens is 2. The topological polar surface area (TPSA) is 95.1 Å². The second-order valence-electron chi connectivity index (χ2n) is 8.23. The molecule has 0 saturated heterocycles. The smallest absolute Gasteiger partial charge is 0.335 e. The number of aromatic amines is 1. The maximum absolute atomic E-state index is 13.5. The van der Waals surface area contributed by atoms with E-state index in [1.807, 2.05) is 24.3 Å². The quantitative estimate of drug-likeness (QED) is 0.215. The predicted molar refractivity (Wildman–Crippen MR) is 142 cm³/mol. The molecule has 0 bridgehead atoms. The number of carbonyl (C=O) groups excluding carboxylic acids is 1. The van der Waals surface area contributed by atoms with E-state index in [2.05, 4.69) is 15.5 Å². The average molecular weight is 532 g/mol. The Bertz CT molecular complexity index is 1620. The number of halogens is 2. The van der Waals surface area contributed by atoms with Crippen LogP contribution in [0.5, 0.6) is 0 Å². The van der Waals surface area contributed by atoms with Crippen molar-refractivity contribution in [2.24, 2.45) is 0 Å². The van der Waals surface area contributed by atoms with Crippen LogP contribution in [0.3, 0.4) is 0 Å². The van der Waals surface area contributed by atoms with Crippen LogP contribution in [0.4, 0.5) is 4.39 Å². The largest absolute Gasteiger partial charge is 0.478 e. The summed E-state index contributed by atoms with van der Waals surface area (Å²) in [4.78, 5) is 25.4. The molecular formula is C28H19ClFN3O3S. The first-order valence-electron chi connectivity index (χ1n) is 11.2. The Morgan fingerprint density at radius 1 is 0.973 bits per heavy atom. The summed E-state index contributed by atoms with van der Waals surface area (Å²) in [7, 11) is 0. The Morgan fingerprint density at radius 2 is 1.73 bits per heavy atom. The van der Waals surface area contributed by atoms with E-state index >= 15 is 0 Å². The average Bonchev–Trinajstić information content (AvgIpc) is 3.30. The number of aromatic carboxylic acids is 1. The summed E-state index contributed by atoms with van der Waals surface area (Å²) < 4.78 is 13.5. The van der Waals surface area contributed by atoms with Crippen LogP contribution in [-0.2, 0) is 6.54 Å². The Labute approximate surface area is 220 Å². The molecule has 0 fully saturated rings. The number of nitrogens with one attached hydrogen (secondary N) is 2. The molecule has 5 aromatic rings. The number of hydrogen-bond donors (Lipinski definition) is 3. The second-order valence-corrected chi connectivity index (χ2v) is 9.72. The second kappa shape index (κ2) is 10.5. The van der Waals surface area contributed by atoms with Crippen LogP contribution in [0.2, 0.25) is 5.02 Å². The van der Waals surface area contributed by atoms with Crippen LogP contribution in [-0.4, -0.2) is 27.2 Å². The number of carbonyl (C=O) groups is 2. The zero-order chi connectivity index (χ0) is 25.9. The number of H-pyrrole nitrogens is 1. The van der Waals surface area contributed by atoms with Crippen molar-refractivity contribution < 1.29 is 19.1 Å². The van der Waals surface area contributed by atoms with Crippen LogP contribution in [0.1, 0.15) is 26.3 Å². The standard InChI is InChI=1S/C28H19ClFN3O3S/c29-20-2-1-3-22(14-20)37-27-25-23(26(34)31-15-16-4-6-18(7-5-16)28(35)36)12-19(13-24(25)32-33-27)17-8-10-21(30)11-9-17/h1-14H,15H2,(H,31,34)(H,32,33)(H,35,36). The normalized spacial score (nSPS) is 11.0. The van der Waals surface area contributed by atoms with Gasteiger partial charge in [-0.1, -0.05) is 53.7 Å². The van der Waals surface area contributed by atoms with E-state index in [9.17, 15) is 14.0 Å². The number of amides is 1. The highest BCUT2D eigenvalue weighted by atomic mass is 35.5. The lowest BCUT2D eigenvalue weighted by Gasteiger charge is -2.11. The van der Waals surface area contributed by atoms with E-state index in [1.165, 1.54) is 36.0 Å². The fourth-order valence-corrected chi connectivity index (χ4v) is 5.10. The van der Waals surface area contributed by atoms with Crippen molar-refractivity contribution in [2.45, 2.75) is 16.5 Å². The van der Waals surface area contributed by atoms with Gasteiger partial charge in [0.2, 0.25) is 0 Å². The fourth-order valence-electron chi connectivity index (χ4n) is 3.87. The van der Waals surface area contributed by atoms with Crippen molar-refractivity contribution >= 4 is 46.1 Å². The van der Waals surface area contributed by atoms with Gasteiger partial charge >= 0.3 is 5.97 Å². The summed E-state index contributed by atoms with van der Waals surface area (Å²) >= 11 is 7.53. The Morgan fingerprint density at radius 3 is 2.43 bits per heavy atom. The molecule has 0 spiro atoms. The molecule has 37 heavy (non-hydrogen) atoms. The van der Waals surface area contributed by atoms with Crippen molar-refractivity contribution in [2.75, 3.05) is 0 Å². The number of fused-ring (bicyclic) bond motifs is 1. The lowest BCUT2D eigenvalue weighted by atomic mass is 9.99. The summed E-state index contributed by atoms with van der Waals surface area (Å²) in [5, 5.41) is 21.3. The summed E-state index contributed by atoms with van der Waals surface area (Å²) in [6.07, 6.45) is 0. The Hall–Kier alpha value is -4.14. The van der Waals surface area contributed by atoms with E-state index in [0.29, 0.717) is 26.5 Å². The maximum atomic E-state index is 13.5. The van der Waals surface area contributed by atoms with Gasteiger partial charge in [0.05, 0.1) is 16.6 Å². The number of benzene rings is 4. The minimum Gasteiger partial charge on any atom is -0.478 e. The van der Waals surface area contributed by atoms with Gasteiger partial charge in [-0.25, -0.2) is 9.18 Å². The van der Waals surface area contributed by atoms with E-state index in [4.69, 9.17) is 16.7 Å².